The fourth-order valence-corrected chi connectivity index (χ4v) is 4.08. The monoisotopic (exact) mass is 411 g/mol. The number of carbonyl (C=O) groups excluding carboxylic acids is 3. The van der Waals surface area contributed by atoms with Gasteiger partial charge in [-0.1, -0.05) is 29.8 Å². The topological polar surface area (TPSA) is 78.5 Å². The van der Waals surface area contributed by atoms with Crippen molar-refractivity contribution >= 4 is 35.0 Å². The Hall–Kier alpha value is -2.86. The molecule has 1 saturated heterocycles. The molecule has 1 fully saturated rings. The van der Waals surface area contributed by atoms with Crippen LogP contribution in [0.25, 0.3) is 0 Å². The summed E-state index contributed by atoms with van der Waals surface area (Å²) in [4.78, 5) is 38.3. The molecule has 2 aromatic carbocycles. The molecule has 0 aliphatic carbocycles. The van der Waals surface area contributed by atoms with Crippen molar-refractivity contribution in [2.24, 2.45) is 0 Å². The Labute approximate surface area is 174 Å². The highest BCUT2D eigenvalue weighted by atomic mass is 35.5. The highest BCUT2D eigenvalue weighted by molar-refractivity contribution is 6.34. The van der Waals surface area contributed by atoms with E-state index in [4.69, 9.17) is 11.6 Å². The van der Waals surface area contributed by atoms with Crippen LogP contribution in [-0.4, -0.2) is 35.2 Å². The van der Waals surface area contributed by atoms with Gasteiger partial charge in [0, 0.05) is 37.7 Å². The molecule has 2 aliphatic heterocycles. The molecule has 0 spiro atoms. The van der Waals surface area contributed by atoms with Crippen LogP contribution in [0.5, 0.6) is 0 Å². The van der Waals surface area contributed by atoms with E-state index in [2.05, 4.69) is 10.6 Å². The molecular weight excluding hydrogens is 390 g/mol. The second-order valence-corrected chi connectivity index (χ2v) is 7.90. The average molecular weight is 412 g/mol. The number of carbonyl (C=O) groups is 3. The molecule has 7 heteroatoms. The molecule has 0 aromatic heterocycles. The molecule has 2 aromatic rings. The van der Waals surface area contributed by atoms with Crippen LogP contribution >= 0.6 is 11.6 Å². The van der Waals surface area contributed by atoms with Gasteiger partial charge in [0.15, 0.2) is 0 Å². The van der Waals surface area contributed by atoms with E-state index in [0.29, 0.717) is 48.6 Å². The van der Waals surface area contributed by atoms with Gasteiger partial charge in [-0.3, -0.25) is 14.4 Å². The summed E-state index contributed by atoms with van der Waals surface area (Å²) in [6, 6.07) is 12.6. The Morgan fingerprint density at radius 3 is 2.72 bits per heavy atom. The third kappa shape index (κ3) is 4.43. The van der Waals surface area contributed by atoms with Crippen molar-refractivity contribution < 1.29 is 14.4 Å². The normalized spacial score (nSPS) is 18.2. The maximum atomic E-state index is 12.6. The Kier molecular flexibility index (Phi) is 5.53. The molecule has 29 heavy (non-hydrogen) atoms. The van der Waals surface area contributed by atoms with Crippen molar-refractivity contribution in [3.63, 3.8) is 0 Å². The molecule has 1 atom stereocenters. The number of halogens is 1. The summed E-state index contributed by atoms with van der Waals surface area (Å²) < 4.78 is 0. The lowest BCUT2D eigenvalue weighted by Gasteiger charge is -2.30. The first-order chi connectivity index (χ1) is 14.0. The van der Waals surface area contributed by atoms with Gasteiger partial charge in [0.2, 0.25) is 11.8 Å². The number of fused-ring (bicyclic) bond motifs is 1. The molecule has 150 valence electrons. The predicted octanol–water partition coefficient (Wildman–Crippen LogP) is 3.15. The molecule has 0 bridgehead atoms. The number of nitrogens with zero attached hydrogens (tertiary/aromatic N) is 1. The third-order valence-corrected chi connectivity index (χ3v) is 5.78. The standard InChI is InChI=1S/C22H22ClN3O3/c23-19-4-2-1-3-18(19)22(29)25-16-6-5-14-9-10-26(13-15(14)11-16)21(28)12-17-7-8-20(27)24-17/h1-6,11,17H,7-10,12-13H2,(H,24,27)(H,25,29). The second-order valence-electron chi connectivity index (χ2n) is 7.49. The largest absolute Gasteiger partial charge is 0.353 e. The Morgan fingerprint density at radius 2 is 1.97 bits per heavy atom. The number of anilines is 1. The van der Waals surface area contributed by atoms with Gasteiger partial charge in [-0.25, -0.2) is 0 Å². The van der Waals surface area contributed by atoms with Crippen molar-refractivity contribution in [2.75, 3.05) is 11.9 Å². The fourth-order valence-electron chi connectivity index (χ4n) is 3.86. The first-order valence-corrected chi connectivity index (χ1v) is 10.1. The fraction of sp³-hybridized carbons (Fsp3) is 0.318. The Bertz CT molecular complexity index is 976. The summed E-state index contributed by atoms with van der Waals surface area (Å²) in [5, 5.41) is 6.13. The zero-order chi connectivity index (χ0) is 20.4. The summed E-state index contributed by atoms with van der Waals surface area (Å²) in [6.45, 7) is 1.17. The first kappa shape index (κ1) is 19.5. The summed E-state index contributed by atoms with van der Waals surface area (Å²) in [5.41, 5.74) is 3.30. The van der Waals surface area contributed by atoms with Gasteiger partial charge in [0.05, 0.1) is 10.6 Å². The van der Waals surface area contributed by atoms with Crippen molar-refractivity contribution in [1.29, 1.82) is 0 Å². The van der Waals surface area contributed by atoms with E-state index >= 15 is 0 Å². The maximum Gasteiger partial charge on any atom is 0.257 e. The number of benzene rings is 2. The highest BCUT2D eigenvalue weighted by Crippen LogP contribution is 2.25. The third-order valence-electron chi connectivity index (χ3n) is 5.45. The van der Waals surface area contributed by atoms with Crippen molar-refractivity contribution in [3.8, 4) is 0 Å². The first-order valence-electron chi connectivity index (χ1n) is 9.74. The minimum absolute atomic E-state index is 0.0192. The lowest BCUT2D eigenvalue weighted by atomic mass is 9.98. The van der Waals surface area contributed by atoms with Gasteiger partial charge in [-0.2, -0.15) is 0 Å². The van der Waals surface area contributed by atoms with Gasteiger partial charge < -0.3 is 15.5 Å². The molecule has 0 radical (unpaired) electrons. The lowest BCUT2D eigenvalue weighted by Crippen LogP contribution is -2.39. The van der Waals surface area contributed by atoms with Gasteiger partial charge in [0.1, 0.15) is 0 Å². The van der Waals surface area contributed by atoms with Gasteiger partial charge in [-0.15, -0.1) is 0 Å². The minimum atomic E-state index is -0.267. The van der Waals surface area contributed by atoms with E-state index in [1.165, 1.54) is 5.56 Å². The Morgan fingerprint density at radius 1 is 1.14 bits per heavy atom. The van der Waals surface area contributed by atoms with Crippen LogP contribution in [0.2, 0.25) is 5.02 Å². The minimum Gasteiger partial charge on any atom is -0.353 e. The number of nitrogens with one attached hydrogen (secondary N) is 2. The van der Waals surface area contributed by atoms with E-state index in [0.717, 1.165) is 12.0 Å². The zero-order valence-electron chi connectivity index (χ0n) is 15.9. The zero-order valence-corrected chi connectivity index (χ0v) is 16.7. The van der Waals surface area contributed by atoms with Crippen molar-refractivity contribution in [3.05, 3.63) is 64.2 Å². The number of rotatable bonds is 4. The van der Waals surface area contributed by atoms with Crippen LogP contribution < -0.4 is 10.6 Å². The molecule has 3 amide bonds. The molecule has 0 saturated carbocycles. The van der Waals surface area contributed by atoms with E-state index in [1.54, 1.807) is 24.3 Å². The lowest BCUT2D eigenvalue weighted by molar-refractivity contribution is -0.132. The van der Waals surface area contributed by atoms with Gasteiger partial charge in [0.25, 0.3) is 5.91 Å². The van der Waals surface area contributed by atoms with Crippen LogP contribution in [0.3, 0.4) is 0 Å². The summed E-state index contributed by atoms with van der Waals surface area (Å²) in [6.07, 6.45) is 2.32. The predicted molar refractivity (Wildman–Crippen MR) is 111 cm³/mol. The van der Waals surface area contributed by atoms with Crippen molar-refractivity contribution in [1.82, 2.24) is 10.2 Å². The van der Waals surface area contributed by atoms with E-state index in [9.17, 15) is 14.4 Å². The van der Waals surface area contributed by atoms with Gasteiger partial charge in [-0.05, 0) is 48.2 Å². The number of hydrogen-bond acceptors (Lipinski definition) is 3. The summed E-state index contributed by atoms with van der Waals surface area (Å²) >= 11 is 6.10. The van der Waals surface area contributed by atoms with Crippen LogP contribution in [0, 0.1) is 0 Å². The number of amides is 3. The average Bonchev–Trinajstić information content (AvgIpc) is 3.12. The van der Waals surface area contributed by atoms with E-state index in [1.807, 2.05) is 23.1 Å². The highest BCUT2D eigenvalue weighted by Gasteiger charge is 2.27. The molecule has 2 aliphatic rings. The molecule has 6 nitrogen and oxygen atoms in total. The van der Waals surface area contributed by atoms with Crippen LogP contribution in [-0.2, 0) is 22.6 Å². The van der Waals surface area contributed by atoms with E-state index in [-0.39, 0.29) is 23.8 Å². The number of hydrogen-bond donors (Lipinski definition) is 2. The smallest absolute Gasteiger partial charge is 0.257 e. The molecule has 2 N–H and O–H groups in total. The van der Waals surface area contributed by atoms with Crippen LogP contribution in [0.15, 0.2) is 42.5 Å². The quantitative estimate of drug-likeness (QED) is 0.811. The van der Waals surface area contributed by atoms with E-state index < -0.39 is 0 Å². The molecule has 2 heterocycles. The Balaban J connectivity index is 1.43. The van der Waals surface area contributed by atoms with Crippen molar-refractivity contribution in [2.45, 2.75) is 38.3 Å². The second kappa shape index (κ2) is 8.25. The molecular formula is C22H22ClN3O3. The summed E-state index contributed by atoms with van der Waals surface area (Å²) in [7, 11) is 0. The van der Waals surface area contributed by atoms with Crippen LogP contribution in [0.4, 0.5) is 5.69 Å². The molecule has 1 unspecified atom stereocenters. The maximum absolute atomic E-state index is 12.6. The van der Waals surface area contributed by atoms with Crippen LogP contribution in [0.1, 0.15) is 40.7 Å². The SMILES string of the molecule is O=C1CCC(CC(=O)N2CCc3ccc(NC(=O)c4ccccc4Cl)cc3C2)N1. The molecule has 4 rings (SSSR count). The summed E-state index contributed by atoms with van der Waals surface area (Å²) in [5.74, 6) is -0.199. The van der Waals surface area contributed by atoms with Gasteiger partial charge >= 0.3 is 0 Å².